The van der Waals surface area contributed by atoms with Crippen molar-refractivity contribution in [1.29, 1.82) is 0 Å². The fourth-order valence-electron chi connectivity index (χ4n) is 3.92. The van der Waals surface area contributed by atoms with Gasteiger partial charge in [0.25, 0.3) is 0 Å². The molecule has 3 rings (SSSR count). The lowest BCUT2D eigenvalue weighted by Gasteiger charge is -2.55. The molecule has 22 heavy (non-hydrogen) atoms. The van der Waals surface area contributed by atoms with E-state index >= 15 is 0 Å². The molecule has 0 amide bonds. The van der Waals surface area contributed by atoms with Crippen LogP contribution in [0.15, 0.2) is 0 Å². The second-order valence-corrected chi connectivity index (χ2v) is 11.3. The first kappa shape index (κ1) is 18.5. The van der Waals surface area contributed by atoms with Crippen molar-refractivity contribution in [2.45, 2.75) is 24.9 Å². The summed E-state index contributed by atoms with van der Waals surface area (Å²) in [6.07, 6.45) is 1.28. The summed E-state index contributed by atoms with van der Waals surface area (Å²) in [6.45, 7) is 8.08. The Hall–Kier alpha value is 0.114. The first-order valence-corrected chi connectivity index (χ1v) is 12.2. The summed E-state index contributed by atoms with van der Waals surface area (Å²) in [4.78, 5) is 54.6. The van der Waals surface area contributed by atoms with E-state index in [-0.39, 0.29) is 12.1 Å². The fourth-order valence-corrected chi connectivity index (χ4v) is 5.18. The minimum Gasteiger partial charge on any atom is -0.390 e. The standard InChI is InChI=1S/C12H30N2O6Si2/c15-21(16,17)11-1-3-13-5-8-14(9-6-13,10-7-13)4-2-12-22(18,19)20/h15-20H,1-12H2/q+2. The Kier molecular flexibility index (Phi) is 5.49. The van der Waals surface area contributed by atoms with Gasteiger partial charge in [-0.3, -0.25) is 0 Å². The number of piperazine rings is 3. The Morgan fingerprint density at radius 2 is 0.818 bits per heavy atom. The molecule has 0 saturated carbocycles. The van der Waals surface area contributed by atoms with Crippen LogP contribution in [0.5, 0.6) is 0 Å². The molecule has 0 aromatic heterocycles. The number of fused-ring (bicyclic) bond motifs is 3. The van der Waals surface area contributed by atoms with Crippen LogP contribution in [0, 0.1) is 0 Å². The van der Waals surface area contributed by atoms with Crippen molar-refractivity contribution in [3.05, 3.63) is 0 Å². The molecule has 0 aromatic rings. The van der Waals surface area contributed by atoms with Crippen LogP contribution in [0.2, 0.25) is 12.1 Å². The summed E-state index contributed by atoms with van der Waals surface area (Å²) >= 11 is 0. The molecule has 8 nitrogen and oxygen atoms in total. The normalized spacial score (nSPS) is 32.5. The zero-order valence-electron chi connectivity index (χ0n) is 13.1. The topological polar surface area (TPSA) is 121 Å². The van der Waals surface area contributed by atoms with Crippen molar-refractivity contribution in [1.82, 2.24) is 0 Å². The maximum absolute atomic E-state index is 9.10. The highest BCUT2D eigenvalue weighted by molar-refractivity contribution is 6.56. The first-order chi connectivity index (χ1) is 10.0. The molecule has 130 valence electrons. The summed E-state index contributed by atoms with van der Waals surface area (Å²) in [6, 6.07) is 0.229. The van der Waals surface area contributed by atoms with Crippen LogP contribution in [0.3, 0.4) is 0 Å². The van der Waals surface area contributed by atoms with Crippen molar-refractivity contribution >= 4 is 17.6 Å². The number of quaternary nitrogens is 2. The van der Waals surface area contributed by atoms with E-state index in [4.69, 9.17) is 28.8 Å². The van der Waals surface area contributed by atoms with Crippen LogP contribution >= 0.6 is 0 Å². The Labute approximate surface area is 133 Å². The molecular weight excluding hydrogens is 324 g/mol. The van der Waals surface area contributed by atoms with Gasteiger partial charge in [-0.25, -0.2) is 0 Å². The van der Waals surface area contributed by atoms with Gasteiger partial charge in [0.2, 0.25) is 0 Å². The van der Waals surface area contributed by atoms with Gasteiger partial charge in [0, 0.05) is 24.9 Å². The summed E-state index contributed by atoms with van der Waals surface area (Å²) in [7, 11) is -7.81. The summed E-state index contributed by atoms with van der Waals surface area (Å²) in [5, 5.41) is 0. The molecule has 3 aliphatic rings. The third-order valence-electron chi connectivity index (χ3n) is 5.44. The van der Waals surface area contributed by atoms with E-state index in [2.05, 4.69) is 0 Å². The number of nitrogens with zero attached hydrogens (tertiary/aromatic N) is 2. The van der Waals surface area contributed by atoms with Gasteiger partial charge in [0.1, 0.15) is 39.3 Å². The van der Waals surface area contributed by atoms with Gasteiger partial charge in [-0.05, 0) is 0 Å². The van der Waals surface area contributed by atoms with Gasteiger partial charge in [0.15, 0.2) is 0 Å². The van der Waals surface area contributed by atoms with Crippen molar-refractivity contribution in [2.75, 3.05) is 52.4 Å². The third-order valence-corrected chi connectivity index (χ3v) is 7.48. The minimum absolute atomic E-state index is 0.114. The van der Waals surface area contributed by atoms with E-state index in [9.17, 15) is 0 Å². The molecule has 0 radical (unpaired) electrons. The Morgan fingerprint density at radius 1 is 0.545 bits per heavy atom. The fraction of sp³-hybridized carbons (Fsp3) is 1.00. The van der Waals surface area contributed by atoms with Crippen LogP contribution in [0.4, 0.5) is 0 Å². The van der Waals surface area contributed by atoms with E-state index in [1.54, 1.807) is 0 Å². The third kappa shape index (κ3) is 5.33. The summed E-state index contributed by atoms with van der Waals surface area (Å²) < 4.78 is 2.01. The second-order valence-electron chi connectivity index (χ2n) is 7.23. The second kappa shape index (κ2) is 6.55. The first-order valence-electron chi connectivity index (χ1n) is 8.08. The maximum atomic E-state index is 9.10. The van der Waals surface area contributed by atoms with Crippen LogP contribution < -0.4 is 0 Å². The highest BCUT2D eigenvalue weighted by Gasteiger charge is 2.48. The minimum atomic E-state index is -3.91. The molecule has 0 spiro atoms. The van der Waals surface area contributed by atoms with E-state index in [0.717, 1.165) is 61.3 Å². The van der Waals surface area contributed by atoms with Crippen molar-refractivity contribution in [2.24, 2.45) is 0 Å². The molecule has 3 heterocycles. The predicted octanol–water partition coefficient (Wildman–Crippen LogP) is -2.74. The largest absolute Gasteiger partial charge is 0.492 e. The van der Waals surface area contributed by atoms with E-state index in [1.807, 2.05) is 0 Å². The number of hydrogen-bond donors (Lipinski definition) is 6. The Balaban J connectivity index is 1.76. The highest BCUT2D eigenvalue weighted by atomic mass is 28.4. The molecular formula is C12H30N2O6Si2+2. The van der Waals surface area contributed by atoms with Gasteiger partial charge in [-0.1, -0.05) is 0 Å². The van der Waals surface area contributed by atoms with E-state index < -0.39 is 17.6 Å². The molecule has 0 aliphatic carbocycles. The maximum Gasteiger partial charge on any atom is 0.492 e. The zero-order chi connectivity index (χ0) is 16.5. The molecule has 3 aliphatic heterocycles. The molecule has 0 unspecified atom stereocenters. The molecule has 10 heteroatoms. The lowest BCUT2D eigenvalue weighted by molar-refractivity contribution is -1.08. The van der Waals surface area contributed by atoms with E-state index in [1.165, 1.54) is 0 Å². The van der Waals surface area contributed by atoms with Crippen molar-refractivity contribution in [3.8, 4) is 0 Å². The summed E-state index contributed by atoms with van der Waals surface area (Å²) in [5.74, 6) is 0. The molecule has 0 atom stereocenters. The Bertz CT molecular complexity index is 324. The molecule has 3 fully saturated rings. The molecule has 3 saturated heterocycles. The van der Waals surface area contributed by atoms with Gasteiger partial charge < -0.3 is 37.7 Å². The van der Waals surface area contributed by atoms with Gasteiger partial charge in [-0.2, -0.15) is 0 Å². The summed E-state index contributed by atoms with van der Waals surface area (Å²) in [5.41, 5.74) is 0. The van der Waals surface area contributed by atoms with Crippen LogP contribution in [-0.4, -0.2) is 108 Å². The number of hydrogen-bond acceptors (Lipinski definition) is 6. The molecule has 6 N–H and O–H groups in total. The quantitative estimate of drug-likeness (QED) is 0.208. The average Bonchev–Trinajstić information content (AvgIpc) is 2.38. The molecule has 0 aromatic carbocycles. The zero-order valence-corrected chi connectivity index (χ0v) is 15.1. The average molecular weight is 355 g/mol. The van der Waals surface area contributed by atoms with Crippen LogP contribution in [-0.2, 0) is 0 Å². The van der Waals surface area contributed by atoms with Gasteiger partial charge in [-0.15, -0.1) is 0 Å². The number of rotatable bonds is 8. The van der Waals surface area contributed by atoms with Crippen LogP contribution in [0.1, 0.15) is 12.8 Å². The lowest BCUT2D eigenvalue weighted by Crippen LogP contribution is -2.75. The van der Waals surface area contributed by atoms with E-state index in [0.29, 0.717) is 12.8 Å². The van der Waals surface area contributed by atoms with Gasteiger partial charge in [0.05, 0.1) is 13.1 Å². The highest BCUT2D eigenvalue weighted by Crippen LogP contribution is 2.28. The monoisotopic (exact) mass is 354 g/mol. The van der Waals surface area contributed by atoms with Gasteiger partial charge >= 0.3 is 17.6 Å². The van der Waals surface area contributed by atoms with Crippen molar-refractivity contribution < 1.29 is 37.7 Å². The lowest BCUT2D eigenvalue weighted by atomic mass is 10.1. The molecule has 2 bridgehead atoms. The van der Waals surface area contributed by atoms with Crippen molar-refractivity contribution in [3.63, 3.8) is 0 Å². The SMILES string of the molecule is O[Si](O)(O)CCC[N+]12CC[N+](CCC[Si](O)(O)O)(CC1)CC2. The Morgan fingerprint density at radius 3 is 1.05 bits per heavy atom. The smallest absolute Gasteiger partial charge is 0.390 e. The predicted molar refractivity (Wildman–Crippen MR) is 83.1 cm³/mol. The van der Waals surface area contributed by atoms with Crippen LogP contribution in [0.25, 0.3) is 0 Å².